The van der Waals surface area contributed by atoms with Gasteiger partial charge in [0.25, 0.3) is 10.0 Å². The van der Waals surface area contributed by atoms with Gasteiger partial charge in [0.05, 0.1) is 10.6 Å². The summed E-state index contributed by atoms with van der Waals surface area (Å²) in [5.74, 6) is -2.81. The third-order valence-electron chi connectivity index (χ3n) is 3.94. The van der Waals surface area contributed by atoms with Gasteiger partial charge in [-0.2, -0.15) is 0 Å². The number of nitrogens with zero attached hydrogens (tertiary/aromatic N) is 1. The molecule has 0 heterocycles. The van der Waals surface area contributed by atoms with Crippen molar-refractivity contribution in [2.24, 2.45) is 0 Å². The number of nitrogens with one attached hydrogen (secondary N) is 1. The van der Waals surface area contributed by atoms with Crippen LogP contribution in [0.25, 0.3) is 0 Å². The first-order valence-corrected chi connectivity index (χ1v) is 10.6. The maximum absolute atomic E-state index is 13.8. The molecule has 0 aliphatic rings. The molecule has 5 nitrogen and oxygen atoms in total. The van der Waals surface area contributed by atoms with Crippen LogP contribution in [0.2, 0.25) is 0 Å². The Morgan fingerprint density at radius 2 is 1.55 bits per heavy atom. The molecule has 9 heteroatoms. The lowest BCUT2D eigenvalue weighted by Gasteiger charge is -2.24. The van der Waals surface area contributed by atoms with Crippen molar-refractivity contribution in [1.29, 1.82) is 0 Å². The Kier molecular flexibility index (Phi) is 6.29. The highest BCUT2D eigenvalue weighted by molar-refractivity contribution is 9.10. The SMILES string of the molecule is O=C(CN(c1cccc(Br)c1)S(=O)(=O)c1ccccc1)Nc1c(F)cccc1F. The monoisotopic (exact) mass is 480 g/mol. The third-order valence-corrected chi connectivity index (χ3v) is 6.22. The van der Waals surface area contributed by atoms with E-state index >= 15 is 0 Å². The minimum atomic E-state index is -4.11. The summed E-state index contributed by atoms with van der Waals surface area (Å²) >= 11 is 3.27. The number of hydrogen-bond acceptors (Lipinski definition) is 3. The summed E-state index contributed by atoms with van der Waals surface area (Å²) in [5, 5.41) is 2.11. The molecule has 0 fully saturated rings. The molecule has 0 aliphatic carbocycles. The normalized spacial score (nSPS) is 11.1. The highest BCUT2D eigenvalue weighted by Crippen LogP contribution is 2.26. The zero-order valence-corrected chi connectivity index (χ0v) is 17.3. The van der Waals surface area contributed by atoms with Gasteiger partial charge in [-0.05, 0) is 42.5 Å². The first kappa shape index (κ1) is 20.9. The molecule has 3 rings (SSSR count). The summed E-state index contributed by atoms with van der Waals surface area (Å²) in [5.41, 5.74) is -0.420. The van der Waals surface area contributed by atoms with Gasteiger partial charge in [0.2, 0.25) is 5.91 Å². The summed E-state index contributed by atoms with van der Waals surface area (Å²) in [6.45, 7) is -0.679. The maximum atomic E-state index is 13.8. The van der Waals surface area contributed by atoms with Crippen molar-refractivity contribution < 1.29 is 22.0 Å². The zero-order chi connectivity index (χ0) is 21.0. The molecular weight excluding hydrogens is 466 g/mol. The predicted molar refractivity (Wildman–Crippen MR) is 110 cm³/mol. The van der Waals surface area contributed by atoms with Crippen molar-refractivity contribution in [2.45, 2.75) is 4.90 Å². The van der Waals surface area contributed by atoms with Gasteiger partial charge in [-0.3, -0.25) is 9.10 Å². The number of carbonyl (C=O) groups excluding carboxylic acids is 1. The minimum Gasteiger partial charge on any atom is -0.320 e. The largest absolute Gasteiger partial charge is 0.320 e. The smallest absolute Gasteiger partial charge is 0.264 e. The number of amides is 1. The Morgan fingerprint density at radius 1 is 0.931 bits per heavy atom. The van der Waals surface area contributed by atoms with E-state index in [0.717, 1.165) is 22.5 Å². The van der Waals surface area contributed by atoms with Crippen LogP contribution in [-0.2, 0) is 14.8 Å². The molecule has 29 heavy (non-hydrogen) atoms. The topological polar surface area (TPSA) is 66.5 Å². The van der Waals surface area contributed by atoms with Gasteiger partial charge < -0.3 is 5.32 Å². The van der Waals surface area contributed by atoms with E-state index in [9.17, 15) is 22.0 Å². The molecule has 0 radical (unpaired) electrons. The van der Waals surface area contributed by atoms with Gasteiger partial charge in [0.15, 0.2) is 0 Å². The van der Waals surface area contributed by atoms with Gasteiger partial charge in [0.1, 0.15) is 23.9 Å². The molecule has 0 saturated carbocycles. The molecule has 0 aliphatic heterocycles. The number of benzene rings is 3. The summed E-state index contributed by atoms with van der Waals surface area (Å²) < 4.78 is 55.4. The molecule has 0 atom stereocenters. The standard InChI is InChI=1S/C20H15BrF2N2O3S/c21-14-6-4-7-15(12-14)25(29(27,28)16-8-2-1-3-9-16)13-19(26)24-20-17(22)10-5-11-18(20)23/h1-12H,13H2,(H,24,26). The average molecular weight is 481 g/mol. The molecule has 0 spiro atoms. The van der Waals surface area contributed by atoms with Crippen molar-refractivity contribution in [3.8, 4) is 0 Å². The second-order valence-electron chi connectivity index (χ2n) is 5.95. The number of sulfonamides is 1. The summed E-state index contributed by atoms with van der Waals surface area (Å²) in [7, 11) is -4.11. The molecule has 0 unspecified atom stereocenters. The van der Waals surface area contributed by atoms with Crippen LogP contribution in [0.15, 0.2) is 82.2 Å². The lowest BCUT2D eigenvalue weighted by atomic mass is 10.3. The Balaban J connectivity index is 1.97. The third kappa shape index (κ3) is 4.80. The average Bonchev–Trinajstić information content (AvgIpc) is 2.69. The van der Waals surface area contributed by atoms with Gasteiger partial charge in [-0.15, -0.1) is 0 Å². The van der Waals surface area contributed by atoms with E-state index in [4.69, 9.17) is 0 Å². The summed E-state index contributed by atoms with van der Waals surface area (Å²) in [4.78, 5) is 12.5. The van der Waals surface area contributed by atoms with E-state index in [1.54, 1.807) is 30.3 Å². The highest BCUT2D eigenvalue weighted by atomic mass is 79.9. The predicted octanol–water partition coefficient (Wildman–Crippen LogP) is 4.56. The van der Waals surface area contributed by atoms with Crippen molar-refractivity contribution in [3.63, 3.8) is 0 Å². The van der Waals surface area contributed by atoms with Crippen molar-refractivity contribution in [3.05, 3.63) is 88.9 Å². The lowest BCUT2D eigenvalue weighted by Crippen LogP contribution is -2.38. The maximum Gasteiger partial charge on any atom is 0.264 e. The van der Waals surface area contributed by atoms with Crippen LogP contribution in [-0.4, -0.2) is 20.9 Å². The Labute approximate surface area is 175 Å². The first-order valence-electron chi connectivity index (χ1n) is 8.36. The van der Waals surface area contributed by atoms with Crippen LogP contribution in [0.4, 0.5) is 20.2 Å². The van der Waals surface area contributed by atoms with E-state index in [0.29, 0.717) is 4.47 Å². The van der Waals surface area contributed by atoms with Crippen LogP contribution in [0.3, 0.4) is 0 Å². The highest BCUT2D eigenvalue weighted by Gasteiger charge is 2.27. The summed E-state index contributed by atoms with van der Waals surface area (Å²) in [6.07, 6.45) is 0. The number of para-hydroxylation sites is 1. The van der Waals surface area contributed by atoms with Crippen molar-refractivity contribution >= 4 is 43.2 Å². The number of anilines is 2. The van der Waals surface area contributed by atoms with Gasteiger partial charge in [-0.1, -0.05) is 46.3 Å². The Morgan fingerprint density at radius 3 is 2.17 bits per heavy atom. The van der Waals surface area contributed by atoms with Crippen molar-refractivity contribution in [2.75, 3.05) is 16.2 Å². The molecule has 150 valence electrons. The Hall–Kier alpha value is -2.78. The second kappa shape index (κ2) is 8.71. The van der Waals surface area contributed by atoms with Crippen LogP contribution < -0.4 is 9.62 Å². The van der Waals surface area contributed by atoms with E-state index in [1.807, 2.05) is 0 Å². The molecular formula is C20H15BrF2N2O3S. The van der Waals surface area contributed by atoms with Crippen LogP contribution >= 0.6 is 15.9 Å². The second-order valence-corrected chi connectivity index (χ2v) is 8.73. The Bertz CT molecular complexity index is 1120. The fourth-order valence-electron chi connectivity index (χ4n) is 2.59. The van der Waals surface area contributed by atoms with Crippen LogP contribution in [0, 0.1) is 11.6 Å². The van der Waals surface area contributed by atoms with Crippen LogP contribution in [0.5, 0.6) is 0 Å². The minimum absolute atomic E-state index is 0.0233. The summed E-state index contributed by atoms with van der Waals surface area (Å²) in [6, 6.07) is 17.1. The molecule has 0 aromatic heterocycles. The number of halogens is 3. The molecule has 0 bridgehead atoms. The first-order chi connectivity index (χ1) is 13.8. The van der Waals surface area contributed by atoms with Gasteiger partial charge in [0, 0.05) is 4.47 Å². The van der Waals surface area contributed by atoms with Crippen LogP contribution in [0.1, 0.15) is 0 Å². The molecule has 1 amide bonds. The molecule has 1 N–H and O–H groups in total. The molecule has 0 saturated heterocycles. The van der Waals surface area contributed by atoms with E-state index in [2.05, 4.69) is 21.2 Å². The zero-order valence-electron chi connectivity index (χ0n) is 14.8. The number of rotatable bonds is 6. The van der Waals surface area contributed by atoms with Gasteiger partial charge >= 0.3 is 0 Å². The molecule has 3 aromatic carbocycles. The van der Waals surface area contributed by atoms with Crippen molar-refractivity contribution in [1.82, 2.24) is 0 Å². The fraction of sp³-hybridized carbons (Fsp3) is 0.0500. The quantitative estimate of drug-likeness (QED) is 0.562. The number of carbonyl (C=O) groups is 1. The molecule has 3 aromatic rings. The fourth-order valence-corrected chi connectivity index (χ4v) is 4.41. The van der Waals surface area contributed by atoms with Gasteiger partial charge in [-0.25, -0.2) is 17.2 Å². The lowest BCUT2D eigenvalue weighted by molar-refractivity contribution is -0.114. The van der Waals surface area contributed by atoms with E-state index in [1.165, 1.54) is 24.3 Å². The van der Waals surface area contributed by atoms with E-state index in [-0.39, 0.29) is 10.6 Å². The number of hydrogen-bond donors (Lipinski definition) is 1. The van der Waals surface area contributed by atoms with E-state index < -0.39 is 39.8 Å².